The number of hydrogen-bond donors (Lipinski definition) is 1. The van der Waals surface area contributed by atoms with Crippen molar-refractivity contribution in [2.45, 2.75) is 6.92 Å². The Labute approximate surface area is 161 Å². The number of halogens is 1. The Kier molecular flexibility index (Phi) is 5.35. The van der Waals surface area contributed by atoms with Gasteiger partial charge >= 0.3 is 0 Å². The summed E-state index contributed by atoms with van der Waals surface area (Å²) in [5.74, 6) is -1.08. The molecule has 1 amide bonds. The van der Waals surface area contributed by atoms with E-state index in [0.717, 1.165) is 16.9 Å². The number of hydrogen-bond acceptors (Lipinski definition) is 5. The van der Waals surface area contributed by atoms with Crippen molar-refractivity contribution >= 4 is 40.2 Å². The van der Waals surface area contributed by atoms with Crippen LogP contribution in [0.2, 0.25) is 0 Å². The molecule has 2 aromatic heterocycles. The highest BCUT2D eigenvalue weighted by Gasteiger charge is 2.16. The number of aryl methyl sites for hydroxylation is 1. The Balaban J connectivity index is 2.44. The molecule has 0 radical (unpaired) electrons. The fourth-order valence-corrected chi connectivity index (χ4v) is 4.15. The average Bonchev–Trinajstić information content (AvgIpc) is 3.27. The molecular weight excluding hydrogens is 385 g/mol. The molecule has 0 atom stereocenters. The lowest BCUT2D eigenvalue weighted by Gasteiger charge is -2.05. The summed E-state index contributed by atoms with van der Waals surface area (Å²) in [6, 6.07) is 8.07. The summed E-state index contributed by atoms with van der Waals surface area (Å²) in [7, 11) is 1.40. The standard InChI is InChI=1S/C19H14FN3O2S2/c1-11-3-4-13(8-15(11)20)23-18(25)16(7-12-5-6-26-10-12)27-19(23)14(9-21)17(24)22-2/h3-8,10H,1-2H3,(H,22,24)/b16-7-,19-14-. The minimum absolute atomic E-state index is 0.159. The molecule has 0 aliphatic heterocycles. The van der Waals surface area contributed by atoms with Crippen LogP contribution in [0.4, 0.5) is 4.39 Å². The van der Waals surface area contributed by atoms with E-state index in [1.807, 2.05) is 22.9 Å². The largest absolute Gasteiger partial charge is 0.354 e. The van der Waals surface area contributed by atoms with Gasteiger partial charge in [0.05, 0.1) is 10.2 Å². The zero-order chi connectivity index (χ0) is 19.6. The summed E-state index contributed by atoms with van der Waals surface area (Å²) in [5, 5.41) is 15.6. The van der Waals surface area contributed by atoms with Gasteiger partial charge < -0.3 is 5.32 Å². The molecule has 0 aliphatic rings. The Morgan fingerprint density at radius 3 is 2.74 bits per heavy atom. The molecule has 0 unspecified atom stereocenters. The van der Waals surface area contributed by atoms with Crippen LogP contribution in [0.15, 0.2) is 39.8 Å². The number of amides is 1. The maximum absolute atomic E-state index is 14.1. The van der Waals surface area contributed by atoms with E-state index in [2.05, 4.69) is 5.32 Å². The second-order valence-electron chi connectivity index (χ2n) is 5.61. The normalized spacial score (nSPS) is 12.6. The van der Waals surface area contributed by atoms with Gasteiger partial charge in [-0.3, -0.25) is 14.2 Å². The number of nitrogens with one attached hydrogen (secondary N) is 1. The average molecular weight is 399 g/mol. The van der Waals surface area contributed by atoms with Gasteiger partial charge in [-0.2, -0.15) is 16.6 Å². The van der Waals surface area contributed by atoms with Gasteiger partial charge in [0.15, 0.2) is 5.57 Å². The van der Waals surface area contributed by atoms with E-state index in [0.29, 0.717) is 10.1 Å². The van der Waals surface area contributed by atoms with E-state index in [4.69, 9.17) is 0 Å². The first-order valence-corrected chi connectivity index (χ1v) is 9.61. The molecule has 1 aromatic carbocycles. The summed E-state index contributed by atoms with van der Waals surface area (Å²) < 4.78 is 15.8. The molecule has 0 saturated heterocycles. The molecule has 5 nitrogen and oxygen atoms in total. The molecule has 0 fully saturated rings. The first kappa shape index (κ1) is 18.8. The van der Waals surface area contributed by atoms with E-state index in [1.165, 1.54) is 29.0 Å². The molecule has 3 rings (SSSR count). The van der Waals surface area contributed by atoms with Crippen LogP contribution in [0.1, 0.15) is 11.1 Å². The molecular formula is C19H14FN3O2S2. The molecule has 136 valence electrons. The molecule has 27 heavy (non-hydrogen) atoms. The number of carbonyl (C=O) groups excluding carboxylic acids is 1. The van der Waals surface area contributed by atoms with Crippen molar-refractivity contribution in [3.63, 3.8) is 0 Å². The van der Waals surface area contributed by atoms with Gasteiger partial charge in [-0.1, -0.05) is 6.07 Å². The molecule has 2 heterocycles. The third-order valence-electron chi connectivity index (χ3n) is 3.86. The number of rotatable bonds is 3. The molecule has 0 aliphatic carbocycles. The van der Waals surface area contributed by atoms with Crippen LogP contribution in [-0.4, -0.2) is 17.5 Å². The molecule has 0 saturated carbocycles. The molecule has 8 heteroatoms. The summed E-state index contributed by atoms with van der Waals surface area (Å²) in [6.07, 6.45) is 1.69. The van der Waals surface area contributed by atoms with E-state index in [-0.39, 0.29) is 15.9 Å². The van der Waals surface area contributed by atoms with Crippen LogP contribution < -0.4 is 20.1 Å². The van der Waals surface area contributed by atoms with Crippen LogP contribution in [0.25, 0.3) is 17.3 Å². The van der Waals surface area contributed by atoms with Gasteiger partial charge in [0.1, 0.15) is 16.5 Å². The van der Waals surface area contributed by atoms with Crippen molar-refractivity contribution in [1.82, 2.24) is 9.88 Å². The third kappa shape index (κ3) is 3.60. The predicted molar refractivity (Wildman–Crippen MR) is 105 cm³/mol. The zero-order valence-electron chi connectivity index (χ0n) is 14.4. The van der Waals surface area contributed by atoms with E-state index in [9.17, 15) is 19.2 Å². The molecule has 0 bridgehead atoms. The van der Waals surface area contributed by atoms with Crippen molar-refractivity contribution in [1.29, 1.82) is 5.26 Å². The third-order valence-corrected chi connectivity index (χ3v) is 5.65. The molecule has 3 aromatic rings. The monoisotopic (exact) mass is 399 g/mol. The van der Waals surface area contributed by atoms with Gasteiger partial charge in [0, 0.05) is 7.05 Å². The highest BCUT2D eigenvalue weighted by Crippen LogP contribution is 2.12. The summed E-state index contributed by atoms with van der Waals surface area (Å²) in [5.41, 5.74) is 0.914. The van der Waals surface area contributed by atoms with Crippen molar-refractivity contribution in [3.8, 4) is 11.8 Å². The van der Waals surface area contributed by atoms with Crippen molar-refractivity contribution in [2.24, 2.45) is 0 Å². The Hall–Kier alpha value is -3.02. The highest BCUT2D eigenvalue weighted by atomic mass is 32.1. The van der Waals surface area contributed by atoms with Crippen LogP contribution in [0.3, 0.4) is 0 Å². The van der Waals surface area contributed by atoms with Gasteiger partial charge in [0.25, 0.3) is 11.5 Å². The topological polar surface area (TPSA) is 74.9 Å². The number of thiophene rings is 1. The van der Waals surface area contributed by atoms with E-state index in [1.54, 1.807) is 25.1 Å². The zero-order valence-corrected chi connectivity index (χ0v) is 16.1. The van der Waals surface area contributed by atoms with Gasteiger partial charge in [-0.05, 0) is 53.1 Å². The number of aromatic nitrogens is 1. The number of carbonyl (C=O) groups is 1. The fourth-order valence-electron chi connectivity index (χ4n) is 2.43. The molecule has 0 spiro atoms. The lowest BCUT2D eigenvalue weighted by atomic mass is 10.2. The Morgan fingerprint density at radius 2 is 2.15 bits per heavy atom. The number of nitrogens with zero attached hydrogens (tertiary/aromatic N) is 2. The quantitative estimate of drug-likeness (QED) is 0.728. The van der Waals surface area contributed by atoms with Gasteiger partial charge in [0.2, 0.25) is 0 Å². The summed E-state index contributed by atoms with van der Waals surface area (Å²) in [4.78, 5) is 25.1. The number of thiazole rings is 1. The maximum Gasteiger partial charge on any atom is 0.273 e. The van der Waals surface area contributed by atoms with Crippen LogP contribution in [-0.2, 0) is 4.79 Å². The fraction of sp³-hybridized carbons (Fsp3) is 0.105. The summed E-state index contributed by atoms with van der Waals surface area (Å²) in [6.45, 7) is 1.61. The predicted octanol–water partition coefficient (Wildman–Crippen LogP) is 1.66. The van der Waals surface area contributed by atoms with Gasteiger partial charge in [-0.25, -0.2) is 4.39 Å². The van der Waals surface area contributed by atoms with Crippen molar-refractivity contribution < 1.29 is 9.18 Å². The Bertz CT molecular complexity index is 1230. The van der Waals surface area contributed by atoms with E-state index < -0.39 is 17.3 Å². The first-order chi connectivity index (χ1) is 13.0. The summed E-state index contributed by atoms with van der Waals surface area (Å²) >= 11 is 2.51. The van der Waals surface area contributed by atoms with Crippen molar-refractivity contribution in [2.75, 3.05) is 7.05 Å². The van der Waals surface area contributed by atoms with Crippen LogP contribution in [0.5, 0.6) is 0 Å². The Morgan fingerprint density at radius 1 is 1.37 bits per heavy atom. The second-order valence-corrected chi connectivity index (χ2v) is 7.42. The van der Waals surface area contributed by atoms with Crippen molar-refractivity contribution in [3.05, 3.63) is 71.5 Å². The minimum atomic E-state index is -0.609. The minimum Gasteiger partial charge on any atom is -0.354 e. The lowest BCUT2D eigenvalue weighted by molar-refractivity contribution is -0.115. The number of benzene rings is 1. The number of nitriles is 1. The van der Waals surface area contributed by atoms with Crippen LogP contribution >= 0.6 is 22.7 Å². The lowest BCUT2D eigenvalue weighted by Crippen LogP contribution is -2.33. The van der Waals surface area contributed by atoms with E-state index >= 15 is 0 Å². The maximum atomic E-state index is 14.1. The molecule has 1 N–H and O–H groups in total. The second kappa shape index (κ2) is 7.70. The highest BCUT2D eigenvalue weighted by molar-refractivity contribution is 7.08. The smallest absolute Gasteiger partial charge is 0.273 e. The van der Waals surface area contributed by atoms with Gasteiger partial charge in [-0.15, -0.1) is 11.3 Å². The first-order valence-electron chi connectivity index (χ1n) is 7.85. The van der Waals surface area contributed by atoms with Crippen LogP contribution in [0, 0.1) is 24.1 Å². The SMILES string of the molecule is CNC(=O)/C(C#N)=c1\s/c(=C\c2ccsc2)c(=O)n1-c1ccc(C)c(F)c1.